The number of amides is 1. The molecule has 12 nitrogen and oxygen atoms in total. The first-order chi connectivity index (χ1) is 14.9. The molecular weight excluding hydrogens is 406 g/mol. The summed E-state index contributed by atoms with van der Waals surface area (Å²) in [6, 6.07) is -0.813. The highest BCUT2D eigenvalue weighted by Gasteiger charge is 2.22. The Morgan fingerprint density at radius 3 is 2.71 bits per heavy atom. The van der Waals surface area contributed by atoms with Gasteiger partial charge >= 0.3 is 0 Å². The van der Waals surface area contributed by atoms with Gasteiger partial charge in [-0.3, -0.25) is 23.9 Å². The maximum Gasteiger partial charge on any atom is 0.294 e. The van der Waals surface area contributed by atoms with Crippen LogP contribution in [0.3, 0.4) is 0 Å². The Hall–Kier alpha value is -3.12. The largest absolute Gasteiger partial charge is 0.411 e. The van der Waals surface area contributed by atoms with Crippen molar-refractivity contribution in [2.24, 2.45) is 5.16 Å². The third-order valence-corrected chi connectivity index (χ3v) is 4.88. The molecule has 1 atom stereocenters. The van der Waals surface area contributed by atoms with Crippen LogP contribution in [0.15, 0.2) is 22.3 Å². The molecule has 0 saturated carbocycles. The number of rotatable bonds is 11. The number of hydrogen-bond donors (Lipinski definition) is 4. The number of oxime groups is 1. The van der Waals surface area contributed by atoms with Crippen molar-refractivity contribution in [2.75, 3.05) is 51.3 Å². The van der Waals surface area contributed by atoms with Crippen LogP contribution in [-0.2, 0) is 14.3 Å². The summed E-state index contributed by atoms with van der Waals surface area (Å²) >= 11 is 0. The number of ether oxygens (including phenoxy) is 1. The summed E-state index contributed by atoms with van der Waals surface area (Å²) in [7, 11) is 0. The van der Waals surface area contributed by atoms with Gasteiger partial charge in [-0.2, -0.15) is 0 Å². The van der Waals surface area contributed by atoms with Crippen LogP contribution in [0, 0.1) is 5.41 Å². The van der Waals surface area contributed by atoms with Gasteiger partial charge in [-0.25, -0.2) is 4.98 Å². The van der Waals surface area contributed by atoms with Crippen molar-refractivity contribution in [3.8, 4) is 0 Å². The zero-order valence-electron chi connectivity index (χ0n) is 17.8. The Morgan fingerprint density at radius 2 is 2.06 bits per heavy atom. The molecule has 1 aromatic rings. The first-order valence-corrected chi connectivity index (χ1v) is 10.0. The van der Waals surface area contributed by atoms with E-state index in [9.17, 15) is 14.4 Å². The molecule has 0 bridgehead atoms. The lowest BCUT2D eigenvalue weighted by molar-refractivity contribution is -0.128. The monoisotopic (exact) mass is 435 g/mol. The SMILES string of the molecule is CCC(C(=O)NCC(=O)CN1CCOCC1)n1ccnc(NCC(=N)/C(C)=N\O)c1=O. The second-order valence-corrected chi connectivity index (χ2v) is 7.07. The van der Waals surface area contributed by atoms with E-state index in [0.29, 0.717) is 32.7 Å². The number of hydrogen-bond acceptors (Lipinski definition) is 10. The summed E-state index contributed by atoms with van der Waals surface area (Å²) in [5, 5.41) is 24.7. The molecule has 1 aliphatic rings. The number of nitrogens with zero attached hydrogens (tertiary/aromatic N) is 4. The molecule has 1 saturated heterocycles. The average Bonchev–Trinajstić information content (AvgIpc) is 2.78. The van der Waals surface area contributed by atoms with Gasteiger partial charge in [0.15, 0.2) is 11.6 Å². The molecule has 1 aliphatic heterocycles. The summed E-state index contributed by atoms with van der Waals surface area (Å²) < 4.78 is 6.49. The van der Waals surface area contributed by atoms with Crippen molar-refractivity contribution < 1.29 is 19.5 Å². The van der Waals surface area contributed by atoms with Gasteiger partial charge in [-0.1, -0.05) is 12.1 Å². The number of aromatic nitrogens is 2. The lowest BCUT2D eigenvalue weighted by Crippen LogP contribution is -2.44. The van der Waals surface area contributed by atoms with Crippen LogP contribution in [0.5, 0.6) is 0 Å². The lowest BCUT2D eigenvalue weighted by atomic mass is 10.2. The van der Waals surface area contributed by atoms with Crippen LogP contribution in [0.2, 0.25) is 0 Å². The number of ketones is 1. The van der Waals surface area contributed by atoms with E-state index >= 15 is 0 Å². The summed E-state index contributed by atoms with van der Waals surface area (Å²) in [5.41, 5.74) is -0.436. The lowest BCUT2D eigenvalue weighted by Gasteiger charge is -2.26. The van der Waals surface area contributed by atoms with Crippen LogP contribution in [0.1, 0.15) is 26.3 Å². The van der Waals surface area contributed by atoms with Crippen LogP contribution < -0.4 is 16.2 Å². The Kier molecular flexibility index (Phi) is 9.28. The molecule has 2 heterocycles. The van der Waals surface area contributed by atoms with Crippen LogP contribution in [0.25, 0.3) is 0 Å². The summed E-state index contributed by atoms with van der Waals surface area (Å²) in [5.74, 6) is -0.588. The van der Waals surface area contributed by atoms with Gasteiger partial charge in [0.2, 0.25) is 5.91 Å². The van der Waals surface area contributed by atoms with E-state index < -0.39 is 17.5 Å². The highest BCUT2D eigenvalue weighted by Crippen LogP contribution is 2.09. The number of anilines is 1. The van der Waals surface area contributed by atoms with Gasteiger partial charge in [0.1, 0.15) is 6.04 Å². The Bertz CT molecular complexity index is 877. The van der Waals surface area contributed by atoms with E-state index in [0.717, 1.165) is 0 Å². The molecule has 1 fully saturated rings. The highest BCUT2D eigenvalue weighted by molar-refractivity contribution is 6.41. The molecule has 0 aliphatic carbocycles. The zero-order chi connectivity index (χ0) is 22.8. The fourth-order valence-corrected chi connectivity index (χ4v) is 3.03. The number of morpholine rings is 1. The standard InChI is InChI=1S/C19H29N7O5/c1-3-16(18(28)23-10-14(27)12-25-6-8-31-9-7-25)26-5-4-21-17(19(26)29)22-11-15(20)13(2)24-30/h4-5,16,20,30H,3,6-12H2,1-2H3,(H,21,22)(H,23,28)/b20-15?,24-13-. The van der Waals surface area contributed by atoms with Crippen molar-refractivity contribution in [1.82, 2.24) is 19.8 Å². The number of nitrogens with one attached hydrogen (secondary N) is 3. The molecule has 0 spiro atoms. The van der Waals surface area contributed by atoms with Crippen molar-refractivity contribution in [2.45, 2.75) is 26.3 Å². The normalized spacial score (nSPS) is 15.9. The van der Waals surface area contributed by atoms with Crippen molar-refractivity contribution in [1.29, 1.82) is 5.41 Å². The smallest absolute Gasteiger partial charge is 0.294 e. The molecule has 0 radical (unpaired) electrons. The third kappa shape index (κ3) is 6.96. The number of Topliss-reactive ketones (excluding diaryl/α,β-unsaturated/α-hetero) is 1. The van der Waals surface area contributed by atoms with E-state index in [1.807, 2.05) is 4.90 Å². The Balaban J connectivity index is 1.99. The highest BCUT2D eigenvalue weighted by atomic mass is 16.5. The predicted octanol–water partition coefficient (Wildman–Crippen LogP) is -0.506. The maximum absolute atomic E-state index is 12.7. The first-order valence-electron chi connectivity index (χ1n) is 10.0. The maximum atomic E-state index is 12.7. The van der Waals surface area contributed by atoms with Crippen molar-refractivity contribution in [3.05, 3.63) is 22.7 Å². The minimum atomic E-state index is -0.813. The van der Waals surface area contributed by atoms with E-state index in [1.54, 1.807) is 6.92 Å². The fourth-order valence-electron chi connectivity index (χ4n) is 3.03. The molecular formula is C19H29N7O5. The van der Waals surface area contributed by atoms with Gasteiger partial charge in [-0.15, -0.1) is 0 Å². The minimum absolute atomic E-state index is 0.0114. The Labute approximate surface area is 179 Å². The van der Waals surface area contributed by atoms with Crippen LogP contribution in [0.4, 0.5) is 5.82 Å². The second-order valence-electron chi connectivity index (χ2n) is 7.07. The van der Waals surface area contributed by atoms with Gasteiger partial charge in [-0.05, 0) is 13.3 Å². The Morgan fingerprint density at radius 1 is 1.35 bits per heavy atom. The van der Waals surface area contributed by atoms with E-state index in [4.69, 9.17) is 15.4 Å². The molecule has 1 unspecified atom stereocenters. The second kappa shape index (κ2) is 11.9. The van der Waals surface area contributed by atoms with Gasteiger partial charge in [0, 0.05) is 25.5 Å². The molecule has 1 amide bonds. The van der Waals surface area contributed by atoms with E-state index in [1.165, 1.54) is 23.9 Å². The minimum Gasteiger partial charge on any atom is -0.411 e. The molecule has 4 N–H and O–H groups in total. The zero-order valence-corrected chi connectivity index (χ0v) is 17.8. The topological polar surface area (TPSA) is 162 Å². The third-order valence-electron chi connectivity index (χ3n) is 4.88. The van der Waals surface area contributed by atoms with Crippen LogP contribution in [-0.4, -0.2) is 88.7 Å². The van der Waals surface area contributed by atoms with Crippen LogP contribution >= 0.6 is 0 Å². The van der Waals surface area contributed by atoms with Crippen molar-refractivity contribution >= 4 is 28.9 Å². The van der Waals surface area contributed by atoms with E-state index in [2.05, 4.69) is 20.8 Å². The predicted molar refractivity (Wildman–Crippen MR) is 114 cm³/mol. The molecule has 12 heteroatoms. The number of carbonyl (C=O) groups excluding carboxylic acids is 2. The quantitative estimate of drug-likeness (QED) is 0.205. The van der Waals surface area contributed by atoms with Gasteiger partial charge in [0.05, 0.1) is 44.3 Å². The molecule has 31 heavy (non-hydrogen) atoms. The molecule has 170 valence electrons. The van der Waals surface area contributed by atoms with E-state index in [-0.39, 0.29) is 42.7 Å². The molecule has 2 rings (SSSR count). The fraction of sp³-hybridized carbons (Fsp3) is 0.579. The van der Waals surface area contributed by atoms with Gasteiger partial charge in [0.25, 0.3) is 5.56 Å². The first kappa shape index (κ1) is 24.2. The summed E-state index contributed by atoms with van der Waals surface area (Å²) in [4.78, 5) is 43.5. The number of carbonyl (C=O) groups is 2. The summed E-state index contributed by atoms with van der Waals surface area (Å²) in [6.45, 7) is 5.81. The van der Waals surface area contributed by atoms with Gasteiger partial charge < -0.3 is 26.0 Å². The molecule has 1 aromatic heterocycles. The molecule has 0 aromatic carbocycles. The average molecular weight is 435 g/mol. The summed E-state index contributed by atoms with van der Waals surface area (Å²) in [6.07, 6.45) is 3.11. The van der Waals surface area contributed by atoms with Crippen molar-refractivity contribution in [3.63, 3.8) is 0 Å².